The number of hydrogen-bond acceptors (Lipinski definition) is 5. The van der Waals surface area contributed by atoms with E-state index in [0.29, 0.717) is 41.2 Å². The Kier molecular flexibility index (Phi) is 7.39. The Morgan fingerprint density at radius 2 is 1.78 bits per heavy atom. The van der Waals surface area contributed by atoms with E-state index in [9.17, 15) is 4.79 Å². The number of piperazine rings is 1. The van der Waals surface area contributed by atoms with Crippen molar-refractivity contribution in [1.82, 2.24) is 14.8 Å². The lowest BCUT2D eigenvalue weighted by Gasteiger charge is -2.34. The van der Waals surface area contributed by atoms with Gasteiger partial charge in [-0.25, -0.2) is 0 Å². The quantitative estimate of drug-likeness (QED) is 0.486. The van der Waals surface area contributed by atoms with E-state index in [2.05, 4.69) is 31.9 Å². The number of nitrogens with zero attached hydrogens (tertiary/aromatic N) is 3. The lowest BCUT2D eigenvalue weighted by atomic mass is 10.1. The second-order valence-electron chi connectivity index (χ2n) is 7.69. The Bertz CT molecular complexity index is 1040. The summed E-state index contributed by atoms with van der Waals surface area (Å²) in [6.07, 6.45) is 3.67. The van der Waals surface area contributed by atoms with Crippen molar-refractivity contribution in [2.45, 2.75) is 13.2 Å². The highest BCUT2D eigenvalue weighted by molar-refractivity contribution is 9.10. The zero-order valence-electron chi connectivity index (χ0n) is 18.0. The maximum absolute atomic E-state index is 13.2. The highest BCUT2D eigenvalue weighted by Gasteiger charge is 2.24. The number of carbonyl (C=O) groups excluding carboxylic acids is 1. The summed E-state index contributed by atoms with van der Waals surface area (Å²) in [5, 5.41) is 0. The number of hydrogen-bond donors (Lipinski definition) is 0. The monoisotopic (exact) mass is 495 g/mol. The summed E-state index contributed by atoms with van der Waals surface area (Å²) in [4.78, 5) is 21.6. The van der Waals surface area contributed by atoms with Gasteiger partial charge in [-0.15, -0.1) is 0 Å². The molecule has 0 spiro atoms. The molecule has 0 N–H and O–H groups in total. The van der Waals surface area contributed by atoms with Crippen LogP contribution in [0, 0.1) is 0 Å². The van der Waals surface area contributed by atoms with Gasteiger partial charge < -0.3 is 14.4 Å². The third kappa shape index (κ3) is 5.47. The number of pyridine rings is 1. The van der Waals surface area contributed by atoms with Gasteiger partial charge in [0, 0.05) is 50.7 Å². The first-order chi connectivity index (χ1) is 15.6. The molecule has 6 nitrogen and oxygen atoms in total. The summed E-state index contributed by atoms with van der Waals surface area (Å²) in [6, 6.07) is 17.5. The molecular formula is C25H26BrN3O3. The van der Waals surface area contributed by atoms with E-state index in [1.165, 1.54) is 5.56 Å². The average molecular weight is 496 g/mol. The molecule has 1 aromatic heterocycles. The Hall–Kier alpha value is -2.90. The average Bonchev–Trinajstić information content (AvgIpc) is 2.84. The van der Waals surface area contributed by atoms with Crippen LogP contribution in [0.25, 0.3) is 0 Å². The smallest absolute Gasteiger partial charge is 0.254 e. The zero-order valence-corrected chi connectivity index (χ0v) is 19.6. The summed E-state index contributed by atoms with van der Waals surface area (Å²) in [5.41, 5.74) is 2.83. The van der Waals surface area contributed by atoms with Gasteiger partial charge in [0.15, 0.2) is 11.5 Å². The number of amides is 1. The maximum atomic E-state index is 13.2. The largest absolute Gasteiger partial charge is 0.493 e. The van der Waals surface area contributed by atoms with Crippen LogP contribution in [-0.2, 0) is 13.2 Å². The second-order valence-corrected chi connectivity index (χ2v) is 8.55. The van der Waals surface area contributed by atoms with Crippen molar-refractivity contribution in [3.63, 3.8) is 0 Å². The standard InChI is InChI=1S/C25H26BrN3O3/c1-31-23-15-21(14-22(26)24(23)32-18-19-6-3-2-4-7-19)25(30)29-12-10-28(11-13-29)17-20-8-5-9-27-16-20/h2-9,14-16H,10-13,17-18H2,1H3. The highest BCUT2D eigenvalue weighted by atomic mass is 79.9. The van der Waals surface area contributed by atoms with Crippen molar-refractivity contribution in [3.8, 4) is 11.5 Å². The molecule has 1 amide bonds. The van der Waals surface area contributed by atoms with Crippen LogP contribution in [0.2, 0.25) is 0 Å². The maximum Gasteiger partial charge on any atom is 0.254 e. The molecule has 2 heterocycles. The fourth-order valence-electron chi connectivity index (χ4n) is 3.75. The van der Waals surface area contributed by atoms with E-state index < -0.39 is 0 Å². The molecule has 7 heteroatoms. The van der Waals surface area contributed by atoms with Gasteiger partial charge in [0.05, 0.1) is 11.6 Å². The molecule has 32 heavy (non-hydrogen) atoms. The molecule has 0 saturated carbocycles. The van der Waals surface area contributed by atoms with Crippen LogP contribution in [0.15, 0.2) is 71.5 Å². The van der Waals surface area contributed by atoms with Crippen molar-refractivity contribution in [3.05, 3.63) is 88.2 Å². The van der Waals surface area contributed by atoms with Gasteiger partial charge in [-0.05, 0) is 45.3 Å². The van der Waals surface area contributed by atoms with Gasteiger partial charge in [-0.3, -0.25) is 14.7 Å². The summed E-state index contributed by atoms with van der Waals surface area (Å²) < 4.78 is 12.2. The molecular weight excluding hydrogens is 470 g/mol. The van der Waals surface area contributed by atoms with Crippen LogP contribution in [0.3, 0.4) is 0 Å². The van der Waals surface area contributed by atoms with Gasteiger partial charge in [0.2, 0.25) is 0 Å². The van der Waals surface area contributed by atoms with Crippen LogP contribution in [0.5, 0.6) is 11.5 Å². The molecule has 2 aromatic carbocycles. The van der Waals surface area contributed by atoms with Crippen molar-refractivity contribution in [2.24, 2.45) is 0 Å². The molecule has 0 atom stereocenters. The Labute approximate surface area is 196 Å². The predicted octanol–water partition coefficient (Wildman–Crippen LogP) is 4.39. The molecule has 4 rings (SSSR count). The Morgan fingerprint density at radius 3 is 2.47 bits per heavy atom. The molecule has 166 valence electrons. The van der Waals surface area contributed by atoms with Crippen molar-refractivity contribution in [2.75, 3.05) is 33.3 Å². The number of ether oxygens (including phenoxy) is 2. The minimum atomic E-state index is -0.000336. The molecule has 0 bridgehead atoms. The molecule has 3 aromatic rings. The van der Waals surface area contributed by atoms with E-state index in [-0.39, 0.29) is 5.91 Å². The van der Waals surface area contributed by atoms with E-state index in [1.54, 1.807) is 19.4 Å². The fourth-order valence-corrected chi connectivity index (χ4v) is 4.31. The minimum Gasteiger partial charge on any atom is -0.493 e. The predicted molar refractivity (Wildman–Crippen MR) is 127 cm³/mol. The molecule has 1 fully saturated rings. The van der Waals surface area contributed by atoms with Crippen LogP contribution in [-0.4, -0.2) is 54.0 Å². The van der Waals surface area contributed by atoms with Crippen molar-refractivity contribution in [1.29, 1.82) is 0 Å². The third-order valence-electron chi connectivity index (χ3n) is 5.49. The van der Waals surface area contributed by atoms with E-state index in [0.717, 1.165) is 25.2 Å². The first-order valence-corrected chi connectivity index (χ1v) is 11.4. The number of carbonyl (C=O) groups is 1. The highest BCUT2D eigenvalue weighted by Crippen LogP contribution is 2.37. The molecule has 0 unspecified atom stereocenters. The van der Waals surface area contributed by atoms with Crippen LogP contribution in [0.1, 0.15) is 21.5 Å². The van der Waals surface area contributed by atoms with Crippen LogP contribution in [0.4, 0.5) is 0 Å². The van der Waals surface area contributed by atoms with Crippen LogP contribution >= 0.6 is 15.9 Å². The van der Waals surface area contributed by atoms with Gasteiger partial charge in [-0.1, -0.05) is 36.4 Å². The lowest BCUT2D eigenvalue weighted by molar-refractivity contribution is 0.0628. The Morgan fingerprint density at radius 1 is 1.03 bits per heavy atom. The van der Waals surface area contributed by atoms with Crippen LogP contribution < -0.4 is 9.47 Å². The van der Waals surface area contributed by atoms with Gasteiger partial charge >= 0.3 is 0 Å². The first kappa shape index (κ1) is 22.3. The van der Waals surface area contributed by atoms with E-state index in [1.807, 2.05) is 53.6 Å². The SMILES string of the molecule is COc1cc(C(=O)N2CCN(Cc3cccnc3)CC2)cc(Br)c1OCc1ccccc1. The molecule has 1 aliphatic heterocycles. The topological polar surface area (TPSA) is 54.9 Å². The Balaban J connectivity index is 1.40. The number of halogens is 1. The van der Waals surface area contributed by atoms with Gasteiger partial charge in [0.25, 0.3) is 5.91 Å². The number of benzene rings is 2. The first-order valence-electron chi connectivity index (χ1n) is 10.6. The molecule has 0 aliphatic carbocycles. The summed E-state index contributed by atoms with van der Waals surface area (Å²) >= 11 is 3.56. The van der Waals surface area contributed by atoms with Gasteiger partial charge in [0.1, 0.15) is 6.61 Å². The normalized spacial score (nSPS) is 14.2. The third-order valence-corrected chi connectivity index (χ3v) is 6.08. The van der Waals surface area contributed by atoms with Crippen molar-refractivity contribution >= 4 is 21.8 Å². The number of methoxy groups -OCH3 is 1. The molecule has 1 saturated heterocycles. The fraction of sp³-hybridized carbons (Fsp3) is 0.280. The summed E-state index contributed by atoms with van der Waals surface area (Å²) in [5.74, 6) is 1.13. The van der Waals surface area contributed by atoms with E-state index in [4.69, 9.17) is 9.47 Å². The molecule has 1 aliphatic rings. The van der Waals surface area contributed by atoms with Gasteiger partial charge in [-0.2, -0.15) is 0 Å². The minimum absolute atomic E-state index is 0.000336. The van der Waals surface area contributed by atoms with Crippen molar-refractivity contribution < 1.29 is 14.3 Å². The molecule has 0 radical (unpaired) electrons. The zero-order chi connectivity index (χ0) is 22.3. The van der Waals surface area contributed by atoms with E-state index >= 15 is 0 Å². The second kappa shape index (κ2) is 10.6. The summed E-state index contributed by atoms with van der Waals surface area (Å²) in [7, 11) is 1.59. The summed E-state index contributed by atoms with van der Waals surface area (Å²) in [6.45, 7) is 4.30. The number of aromatic nitrogens is 1. The lowest BCUT2D eigenvalue weighted by Crippen LogP contribution is -2.48. The number of rotatable bonds is 7.